The Kier molecular flexibility index (Phi) is 4.57. The summed E-state index contributed by atoms with van der Waals surface area (Å²) in [5, 5.41) is 0. The topological polar surface area (TPSA) is 74.3 Å². The van der Waals surface area contributed by atoms with Crippen molar-refractivity contribution in [2.75, 3.05) is 0 Å². The Hall–Kier alpha value is 0.0995. The van der Waals surface area contributed by atoms with Gasteiger partial charge in [-0.1, -0.05) is 0 Å². The molecule has 0 heterocycles. The monoisotopic (exact) mass is 172 g/mol. The van der Waals surface area contributed by atoms with E-state index in [1.807, 2.05) is 0 Å². The summed E-state index contributed by atoms with van der Waals surface area (Å²) >= 11 is 0. The molecule has 0 saturated heterocycles. The van der Waals surface area contributed by atoms with E-state index in [1.165, 1.54) is 0 Å². The number of carbonyl (C=O) groups is 1. The third-order valence-corrected chi connectivity index (χ3v) is 0.354. The summed E-state index contributed by atoms with van der Waals surface area (Å²) in [6, 6.07) is 0. The standard InChI is InChI=1S/CH2O4S.Cu/c2-1-6(3,4)5;/h1H,(H,3,4,5);/q;+1/p-1. The molecule has 0 unspecified atom stereocenters. The van der Waals surface area contributed by atoms with Gasteiger partial charge in [0.25, 0.3) is 0 Å². The molecular weight excluding hydrogens is 172 g/mol. The van der Waals surface area contributed by atoms with Crippen LogP contribution in [0, 0.1) is 0 Å². The van der Waals surface area contributed by atoms with E-state index in [2.05, 4.69) is 0 Å². The molecule has 0 aromatic rings. The van der Waals surface area contributed by atoms with Crippen LogP contribution in [-0.4, -0.2) is 18.6 Å². The van der Waals surface area contributed by atoms with E-state index in [4.69, 9.17) is 17.8 Å². The van der Waals surface area contributed by atoms with Gasteiger partial charge in [0.05, 0.1) is 0 Å². The Bertz CT molecular complexity index is 122. The normalized spacial score (nSPS) is 9.29. The Morgan fingerprint density at radius 2 is 1.57 bits per heavy atom. The minimum Gasteiger partial charge on any atom is -0.742 e. The largest absolute Gasteiger partial charge is 1.00 e. The van der Waals surface area contributed by atoms with E-state index in [1.54, 1.807) is 0 Å². The quantitative estimate of drug-likeness (QED) is 0.281. The van der Waals surface area contributed by atoms with E-state index in [0.29, 0.717) is 0 Å². The van der Waals surface area contributed by atoms with Crippen molar-refractivity contribution in [3.05, 3.63) is 0 Å². The van der Waals surface area contributed by atoms with Crippen LogP contribution in [-0.2, 0) is 32.0 Å². The van der Waals surface area contributed by atoms with Crippen molar-refractivity contribution < 1.29 is 34.8 Å². The first-order valence-electron chi connectivity index (χ1n) is 0.971. The van der Waals surface area contributed by atoms with Gasteiger partial charge in [-0.25, -0.2) is 8.42 Å². The van der Waals surface area contributed by atoms with E-state index >= 15 is 0 Å². The van der Waals surface area contributed by atoms with Crippen molar-refractivity contribution in [2.45, 2.75) is 0 Å². The number of carbonyl (C=O) groups excluding carboxylic acids is 1. The summed E-state index contributed by atoms with van der Waals surface area (Å²) in [7, 11) is -4.59. The minimum absolute atomic E-state index is 0. The second kappa shape index (κ2) is 3.15. The van der Waals surface area contributed by atoms with Crippen LogP contribution in [0.4, 0.5) is 0 Å². The van der Waals surface area contributed by atoms with E-state index in [9.17, 15) is 0 Å². The van der Waals surface area contributed by atoms with Gasteiger partial charge in [-0.2, -0.15) is 0 Å². The first kappa shape index (κ1) is 10.2. The molecule has 0 aliphatic heterocycles. The number of hydrogen-bond acceptors (Lipinski definition) is 4. The van der Waals surface area contributed by atoms with Crippen molar-refractivity contribution in [1.29, 1.82) is 0 Å². The average molecular weight is 173 g/mol. The maximum atomic E-state index is 9.08. The summed E-state index contributed by atoms with van der Waals surface area (Å²) in [6.45, 7) is 0. The van der Waals surface area contributed by atoms with Crippen LogP contribution >= 0.6 is 0 Å². The summed E-state index contributed by atoms with van der Waals surface area (Å²) < 4.78 is 27.2. The molecule has 0 saturated carbocycles. The predicted octanol–water partition coefficient (Wildman–Crippen LogP) is -1.28. The molecule has 4 nitrogen and oxygen atoms in total. The SMILES string of the molecule is O=CS(=O)(=O)[O-].[Cu+]. The molecule has 0 N–H and O–H groups in total. The molecule has 0 aromatic carbocycles. The summed E-state index contributed by atoms with van der Waals surface area (Å²) in [5.41, 5.74) is -0.646. The van der Waals surface area contributed by atoms with Crippen molar-refractivity contribution in [2.24, 2.45) is 0 Å². The molecule has 0 atom stereocenters. The molecule has 0 radical (unpaired) electrons. The predicted molar refractivity (Wildman–Crippen MR) is 16.4 cm³/mol. The molecule has 0 fully saturated rings. The zero-order valence-corrected chi connectivity index (χ0v) is 4.68. The van der Waals surface area contributed by atoms with E-state index < -0.39 is 15.7 Å². The van der Waals surface area contributed by atoms with Crippen LogP contribution in [0.3, 0.4) is 0 Å². The Morgan fingerprint density at radius 3 is 1.57 bits per heavy atom. The summed E-state index contributed by atoms with van der Waals surface area (Å²) in [6.07, 6.45) is 0. The van der Waals surface area contributed by atoms with Gasteiger partial charge in [0.15, 0.2) is 10.1 Å². The zero-order valence-electron chi connectivity index (χ0n) is 2.92. The molecule has 46 valence electrons. The third-order valence-electron chi connectivity index (χ3n) is 0.118. The van der Waals surface area contributed by atoms with Crippen LogP contribution in [0.15, 0.2) is 0 Å². The van der Waals surface area contributed by atoms with Crippen LogP contribution in [0.5, 0.6) is 0 Å². The van der Waals surface area contributed by atoms with Crippen molar-refractivity contribution in [3.63, 3.8) is 0 Å². The smallest absolute Gasteiger partial charge is 0.742 e. The van der Waals surface area contributed by atoms with Crippen molar-refractivity contribution >= 4 is 15.7 Å². The van der Waals surface area contributed by atoms with Crippen LogP contribution in [0.1, 0.15) is 0 Å². The van der Waals surface area contributed by atoms with Gasteiger partial charge in [0.1, 0.15) is 0 Å². The van der Waals surface area contributed by atoms with E-state index in [0.717, 1.165) is 0 Å². The fraction of sp³-hybridized carbons (Fsp3) is 0. The van der Waals surface area contributed by atoms with E-state index in [-0.39, 0.29) is 17.1 Å². The van der Waals surface area contributed by atoms with Crippen LogP contribution in [0.2, 0.25) is 0 Å². The molecule has 0 aliphatic rings. The maximum Gasteiger partial charge on any atom is 1.00 e. The van der Waals surface area contributed by atoms with Gasteiger partial charge in [-0.15, -0.1) is 0 Å². The second-order valence-electron chi connectivity index (χ2n) is 0.589. The van der Waals surface area contributed by atoms with Crippen molar-refractivity contribution in [3.8, 4) is 0 Å². The number of hydrogen-bond donors (Lipinski definition) is 0. The molecule has 0 amide bonds. The Balaban J connectivity index is 0. The molecular formula is CHCuO4S. The minimum atomic E-state index is -4.59. The summed E-state index contributed by atoms with van der Waals surface area (Å²) in [5.74, 6) is 0. The van der Waals surface area contributed by atoms with Gasteiger partial charge < -0.3 is 4.55 Å². The molecule has 6 heteroatoms. The zero-order chi connectivity index (χ0) is 5.21. The molecule has 0 aromatic heterocycles. The molecule has 0 aliphatic carbocycles. The third kappa shape index (κ3) is 10.7. The molecule has 0 spiro atoms. The van der Waals surface area contributed by atoms with Gasteiger partial charge in [0.2, 0.25) is 5.62 Å². The fourth-order valence-corrected chi connectivity index (χ4v) is 0. The molecule has 0 bridgehead atoms. The van der Waals surface area contributed by atoms with Crippen LogP contribution in [0.25, 0.3) is 0 Å². The first-order chi connectivity index (χ1) is 2.56. The van der Waals surface area contributed by atoms with Crippen LogP contribution < -0.4 is 0 Å². The maximum absolute atomic E-state index is 9.08. The Labute approximate surface area is 51.1 Å². The second-order valence-corrected chi connectivity index (χ2v) is 1.77. The van der Waals surface area contributed by atoms with Gasteiger partial charge in [0, 0.05) is 0 Å². The first-order valence-corrected chi connectivity index (χ1v) is 2.44. The van der Waals surface area contributed by atoms with Gasteiger partial charge >= 0.3 is 17.1 Å². The molecule has 0 rings (SSSR count). The summed E-state index contributed by atoms with van der Waals surface area (Å²) in [4.78, 5) is 8.93. The van der Waals surface area contributed by atoms with Gasteiger partial charge in [-0.3, -0.25) is 4.79 Å². The fourth-order valence-electron chi connectivity index (χ4n) is 0. The molecule has 7 heavy (non-hydrogen) atoms. The van der Waals surface area contributed by atoms with Gasteiger partial charge in [-0.05, 0) is 0 Å². The Morgan fingerprint density at radius 1 is 1.43 bits per heavy atom. The van der Waals surface area contributed by atoms with Crippen molar-refractivity contribution in [1.82, 2.24) is 0 Å². The average Bonchev–Trinajstić information content (AvgIpc) is 1.35. The number of rotatable bonds is 1.